The summed E-state index contributed by atoms with van der Waals surface area (Å²) in [6.07, 6.45) is 1.54. The van der Waals surface area contributed by atoms with Crippen molar-refractivity contribution in [1.82, 2.24) is 14.5 Å². The van der Waals surface area contributed by atoms with E-state index in [1.54, 1.807) is 12.1 Å². The molecule has 2 aromatic heterocycles. The first kappa shape index (κ1) is 12.0. The van der Waals surface area contributed by atoms with E-state index in [2.05, 4.69) is 9.97 Å². The van der Waals surface area contributed by atoms with E-state index >= 15 is 0 Å². The lowest BCUT2D eigenvalue weighted by atomic mass is 10.3. The van der Waals surface area contributed by atoms with Gasteiger partial charge in [0.25, 0.3) is 0 Å². The van der Waals surface area contributed by atoms with E-state index < -0.39 is 11.6 Å². The summed E-state index contributed by atoms with van der Waals surface area (Å²) in [5.74, 6) is -0.989. The lowest BCUT2D eigenvalue weighted by Gasteiger charge is -2.09. The van der Waals surface area contributed by atoms with Crippen LogP contribution in [0, 0.1) is 11.6 Å². The molecule has 0 bridgehead atoms. The van der Waals surface area contributed by atoms with Gasteiger partial charge in [-0.15, -0.1) is 11.6 Å². The number of aromatic nitrogens is 3. The van der Waals surface area contributed by atoms with Crippen molar-refractivity contribution in [3.63, 3.8) is 0 Å². The molecule has 1 aromatic carbocycles. The molecule has 3 rings (SSSR count). The topological polar surface area (TPSA) is 30.7 Å². The van der Waals surface area contributed by atoms with Gasteiger partial charge in [0.1, 0.15) is 28.7 Å². The second-order valence-corrected chi connectivity index (χ2v) is 4.18. The molecule has 0 saturated carbocycles. The summed E-state index contributed by atoms with van der Waals surface area (Å²) in [4.78, 5) is 8.34. The summed E-state index contributed by atoms with van der Waals surface area (Å²) in [7, 11) is 0. The quantitative estimate of drug-likeness (QED) is 0.673. The Morgan fingerprint density at radius 2 is 1.84 bits per heavy atom. The lowest BCUT2D eigenvalue weighted by Crippen LogP contribution is -2.05. The highest BCUT2D eigenvalue weighted by atomic mass is 35.5. The summed E-state index contributed by atoms with van der Waals surface area (Å²) in [6, 6.07) is 7.10. The minimum Gasteiger partial charge on any atom is -0.274 e. The number of nitrogens with zero attached hydrogens (tertiary/aromatic N) is 3. The van der Waals surface area contributed by atoms with Gasteiger partial charge >= 0.3 is 0 Å². The first-order valence-electron chi connectivity index (χ1n) is 5.55. The fraction of sp³-hybridized carbons (Fsp3) is 0.0769. The monoisotopic (exact) mass is 279 g/mol. The van der Waals surface area contributed by atoms with Gasteiger partial charge in [0.15, 0.2) is 5.65 Å². The number of rotatable bonds is 2. The van der Waals surface area contributed by atoms with Crippen molar-refractivity contribution in [1.29, 1.82) is 0 Å². The van der Waals surface area contributed by atoms with Crippen LogP contribution in [-0.2, 0) is 5.88 Å². The maximum Gasteiger partial charge on any atom is 0.164 e. The number of benzene rings is 1. The van der Waals surface area contributed by atoms with Crippen molar-refractivity contribution in [3.8, 4) is 5.69 Å². The molecule has 0 aliphatic rings. The summed E-state index contributed by atoms with van der Waals surface area (Å²) in [5.41, 5.74) is 0.710. The molecule has 3 aromatic rings. The van der Waals surface area contributed by atoms with Gasteiger partial charge in [-0.25, -0.2) is 18.7 Å². The predicted octanol–water partition coefficient (Wildman–Crippen LogP) is 3.44. The fourth-order valence-electron chi connectivity index (χ4n) is 1.99. The van der Waals surface area contributed by atoms with E-state index in [0.717, 1.165) is 0 Å². The summed E-state index contributed by atoms with van der Waals surface area (Å²) >= 11 is 5.80. The van der Waals surface area contributed by atoms with E-state index in [4.69, 9.17) is 11.6 Å². The van der Waals surface area contributed by atoms with Gasteiger partial charge in [-0.05, 0) is 24.3 Å². The number of hydrogen-bond donors (Lipinski definition) is 0. The van der Waals surface area contributed by atoms with Crippen LogP contribution in [0.2, 0.25) is 0 Å². The van der Waals surface area contributed by atoms with E-state index in [-0.39, 0.29) is 11.6 Å². The average Bonchev–Trinajstić information content (AvgIpc) is 2.77. The number of pyridine rings is 1. The van der Waals surface area contributed by atoms with Crippen LogP contribution in [0.25, 0.3) is 16.9 Å². The van der Waals surface area contributed by atoms with Gasteiger partial charge in [0, 0.05) is 6.20 Å². The van der Waals surface area contributed by atoms with Crippen molar-refractivity contribution in [3.05, 3.63) is 54.0 Å². The molecule has 19 heavy (non-hydrogen) atoms. The van der Waals surface area contributed by atoms with Crippen LogP contribution in [0.3, 0.4) is 0 Å². The molecule has 2 heterocycles. The number of imidazole rings is 1. The summed E-state index contributed by atoms with van der Waals surface area (Å²) in [5, 5.41) is 0. The second kappa shape index (κ2) is 4.59. The third-order valence-electron chi connectivity index (χ3n) is 2.77. The van der Waals surface area contributed by atoms with Gasteiger partial charge in [-0.1, -0.05) is 6.07 Å². The van der Waals surface area contributed by atoms with Crippen LogP contribution in [-0.4, -0.2) is 14.5 Å². The Morgan fingerprint density at radius 3 is 2.53 bits per heavy atom. The maximum absolute atomic E-state index is 13.9. The number of alkyl halides is 1. The molecule has 0 aliphatic carbocycles. The van der Waals surface area contributed by atoms with Gasteiger partial charge < -0.3 is 0 Å². The average molecular weight is 280 g/mol. The van der Waals surface area contributed by atoms with E-state index in [0.29, 0.717) is 17.0 Å². The highest BCUT2D eigenvalue weighted by molar-refractivity contribution is 6.16. The van der Waals surface area contributed by atoms with Crippen LogP contribution < -0.4 is 0 Å². The van der Waals surface area contributed by atoms with E-state index in [9.17, 15) is 8.78 Å². The molecule has 0 N–H and O–H groups in total. The van der Waals surface area contributed by atoms with Crippen molar-refractivity contribution in [2.24, 2.45) is 0 Å². The zero-order valence-corrected chi connectivity index (χ0v) is 10.4. The first-order chi connectivity index (χ1) is 9.22. The summed E-state index contributed by atoms with van der Waals surface area (Å²) in [6.45, 7) is 0. The molecule has 6 heteroatoms. The zero-order valence-electron chi connectivity index (χ0n) is 9.65. The van der Waals surface area contributed by atoms with E-state index in [1.807, 2.05) is 0 Å². The molecule has 96 valence electrons. The first-order valence-corrected chi connectivity index (χ1v) is 6.08. The third kappa shape index (κ3) is 1.86. The Kier molecular flexibility index (Phi) is 2.91. The Balaban J connectivity index is 2.41. The zero-order chi connectivity index (χ0) is 13.4. The van der Waals surface area contributed by atoms with Crippen LogP contribution in [0.1, 0.15) is 5.82 Å². The lowest BCUT2D eigenvalue weighted by molar-refractivity contribution is 0.568. The van der Waals surface area contributed by atoms with E-state index in [1.165, 1.54) is 29.0 Å². The highest BCUT2D eigenvalue weighted by Crippen LogP contribution is 2.25. The number of hydrogen-bond acceptors (Lipinski definition) is 2. The molecular formula is C13H8ClF2N3. The third-order valence-corrected chi connectivity index (χ3v) is 3.01. The minimum absolute atomic E-state index is 0.0319. The van der Waals surface area contributed by atoms with Crippen LogP contribution in [0.4, 0.5) is 8.78 Å². The number of para-hydroxylation sites is 1. The van der Waals surface area contributed by atoms with Gasteiger partial charge in [0.2, 0.25) is 0 Å². The van der Waals surface area contributed by atoms with Crippen LogP contribution >= 0.6 is 11.6 Å². The Hall–Kier alpha value is -2.01. The van der Waals surface area contributed by atoms with Crippen LogP contribution in [0.15, 0.2) is 36.5 Å². The Bertz CT molecular complexity index is 734. The molecule has 0 unspecified atom stereocenters. The maximum atomic E-state index is 13.9. The summed E-state index contributed by atoms with van der Waals surface area (Å²) < 4.78 is 29.1. The Labute approximate surface area is 112 Å². The molecular weight excluding hydrogens is 272 g/mol. The second-order valence-electron chi connectivity index (χ2n) is 3.91. The molecule has 0 radical (unpaired) electrons. The molecule has 0 spiro atoms. The molecule has 0 aliphatic heterocycles. The fourth-order valence-corrected chi connectivity index (χ4v) is 2.17. The van der Waals surface area contributed by atoms with Crippen molar-refractivity contribution >= 4 is 22.8 Å². The SMILES string of the molecule is Fc1cccc(F)c1-n1c(CCl)nc2cccnc21. The molecule has 3 nitrogen and oxygen atoms in total. The molecule has 0 atom stereocenters. The molecule has 0 saturated heterocycles. The van der Waals surface area contributed by atoms with Gasteiger partial charge in [-0.3, -0.25) is 4.57 Å². The Morgan fingerprint density at radius 1 is 1.11 bits per heavy atom. The normalized spacial score (nSPS) is 11.1. The highest BCUT2D eigenvalue weighted by Gasteiger charge is 2.18. The standard InChI is InChI=1S/C13H8ClF2N3/c14-7-11-18-10-5-2-6-17-13(10)19(11)12-8(15)3-1-4-9(12)16/h1-6H,7H2. The van der Waals surface area contributed by atoms with Gasteiger partial charge in [0.05, 0.1) is 5.88 Å². The van der Waals surface area contributed by atoms with Crippen molar-refractivity contribution in [2.75, 3.05) is 0 Å². The van der Waals surface area contributed by atoms with Crippen molar-refractivity contribution < 1.29 is 8.78 Å². The van der Waals surface area contributed by atoms with Crippen molar-refractivity contribution in [2.45, 2.75) is 5.88 Å². The van der Waals surface area contributed by atoms with Crippen LogP contribution in [0.5, 0.6) is 0 Å². The predicted molar refractivity (Wildman–Crippen MR) is 68.3 cm³/mol. The molecule has 0 fully saturated rings. The number of fused-ring (bicyclic) bond motifs is 1. The molecule has 0 amide bonds. The smallest absolute Gasteiger partial charge is 0.164 e. The van der Waals surface area contributed by atoms with Gasteiger partial charge in [-0.2, -0.15) is 0 Å². The minimum atomic E-state index is -0.684. The number of halogens is 3. The largest absolute Gasteiger partial charge is 0.274 e.